The van der Waals surface area contributed by atoms with Gasteiger partial charge in [-0.1, -0.05) is 56.2 Å². The van der Waals surface area contributed by atoms with E-state index < -0.39 is 16.5 Å². The third-order valence-corrected chi connectivity index (χ3v) is 8.73. The fraction of sp³-hybridized carbons (Fsp3) is 0.576. The van der Waals surface area contributed by atoms with Crippen LogP contribution in [0.3, 0.4) is 0 Å². The summed E-state index contributed by atoms with van der Waals surface area (Å²) >= 11 is 0. The topological polar surface area (TPSA) is 150 Å². The Morgan fingerprint density at radius 1 is 0.625 bits per heavy atom. The van der Waals surface area contributed by atoms with Crippen molar-refractivity contribution in [1.82, 2.24) is 0 Å². The van der Waals surface area contributed by atoms with Crippen molar-refractivity contribution < 1.29 is 55.4 Å². The minimum atomic E-state index is -2.15. The van der Waals surface area contributed by atoms with Crippen molar-refractivity contribution >= 4 is 38.1 Å². The summed E-state index contributed by atoms with van der Waals surface area (Å²) in [5.41, 5.74) is 0. The molecule has 0 spiro atoms. The molecule has 15 heteroatoms. The standard InChI is InChI=1S/C18H22O6P2.C8H14O4.C7H13O2P/c19-25(23-17-11-5-3-6-12-17)21-15-9-1-2-10-16-22-26(20)24-18-13-7-4-8-14-18;9-7-11-5-3-1-2-4-6-12-8-10;1-6-2-4-7(5-3-6)9-10-8/h3-8,11-14H,1-2,9-10,15-16H2;7-8H,1-6H2;6-7H,2-5H2,1H3/q+2;;. The van der Waals surface area contributed by atoms with Crippen LogP contribution in [0.1, 0.15) is 84.0 Å². The van der Waals surface area contributed by atoms with Gasteiger partial charge in [-0.3, -0.25) is 14.1 Å². The molecule has 0 N–H and O–H groups in total. The van der Waals surface area contributed by atoms with E-state index in [-0.39, 0.29) is 14.8 Å². The molecule has 12 nitrogen and oxygen atoms in total. The zero-order chi connectivity index (χ0) is 34.9. The van der Waals surface area contributed by atoms with Gasteiger partial charge in [-0.2, -0.15) is 0 Å². The van der Waals surface area contributed by atoms with Crippen LogP contribution < -0.4 is 9.05 Å². The largest absolute Gasteiger partial charge is 0.750 e. The van der Waals surface area contributed by atoms with E-state index in [0.29, 0.717) is 50.9 Å². The summed E-state index contributed by atoms with van der Waals surface area (Å²) in [6, 6.07) is 17.8. The molecule has 2 unspecified atom stereocenters. The second-order valence-electron chi connectivity index (χ2n) is 10.7. The molecule has 0 aliphatic heterocycles. The lowest BCUT2D eigenvalue weighted by Crippen LogP contribution is -2.16. The van der Waals surface area contributed by atoms with Crippen molar-refractivity contribution in [2.75, 3.05) is 26.4 Å². The van der Waals surface area contributed by atoms with E-state index in [9.17, 15) is 23.3 Å². The Bertz CT molecular complexity index is 1030. The summed E-state index contributed by atoms with van der Waals surface area (Å²) in [4.78, 5) is 19.4. The maximum absolute atomic E-state index is 11.6. The first kappa shape index (κ1) is 43.2. The van der Waals surface area contributed by atoms with Gasteiger partial charge in [0.05, 0.1) is 19.3 Å². The quantitative estimate of drug-likeness (QED) is 0.0575. The lowest BCUT2D eigenvalue weighted by molar-refractivity contribution is -0.129. The predicted octanol–water partition coefficient (Wildman–Crippen LogP) is 9.73. The Morgan fingerprint density at radius 3 is 1.40 bits per heavy atom. The SMILES string of the molecule is CC1CCC(OP=O)CC1.O=COCCCCCCOC=O.O=[P+](OCCCCCCO[P+](=O)Oc1ccccc1)Oc1ccccc1. The molecule has 2 aromatic rings. The molecular weight excluding hydrogens is 681 g/mol. The van der Waals surface area contributed by atoms with Gasteiger partial charge in [-0.05, 0) is 94.4 Å². The highest BCUT2D eigenvalue weighted by molar-refractivity contribution is 7.34. The Hall–Kier alpha value is -2.84. The first-order valence-corrected chi connectivity index (χ1v) is 19.2. The molecule has 2 atom stereocenters. The minimum absolute atomic E-state index is 0.155. The first-order chi connectivity index (χ1) is 23.5. The summed E-state index contributed by atoms with van der Waals surface area (Å²) in [5.74, 6) is 1.89. The molecule has 1 saturated carbocycles. The van der Waals surface area contributed by atoms with E-state index in [0.717, 1.165) is 70.1 Å². The van der Waals surface area contributed by atoms with E-state index in [2.05, 4.69) is 16.4 Å². The Kier molecular flexibility index (Phi) is 28.3. The van der Waals surface area contributed by atoms with Crippen molar-refractivity contribution in [3.63, 3.8) is 0 Å². The molecule has 0 aromatic heterocycles. The summed E-state index contributed by atoms with van der Waals surface area (Å²) in [6.45, 7) is 4.87. The molecule has 0 heterocycles. The molecule has 266 valence electrons. The highest BCUT2D eigenvalue weighted by Gasteiger charge is 2.22. The third kappa shape index (κ3) is 26.2. The normalized spacial score (nSPS) is 15.8. The van der Waals surface area contributed by atoms with Crippen LogP contribution >= 0.6 is 25.2 Å². The molecule has 0 amide bonds. The number of benzene rings is 2. The van der Waals surface area contributed by atoms with Crippen molar-refractivity contribution in [1.29, 1.82) is 0 Å². The van der Waals surface area contributed by atoms with Crippen LogP contribution in [-0.4, -0.2) is 45.5 Å². The smallest absolute Gasteiger partial charge is 0.468 e. The number of unbranched alkanes of at least 4 members (excludes halogenated alkanes) is 6. The summed E-state index contributed by atoms with van der Waals surface area (Å²) in [5, 5.41) is 0. The van der Waals surface area contributed by atoms with E-state index in [1.54, 1.807) is 48.5 Å². The number of carbonyl (C=O) groups is 2. The molecule has 2 aromatic carbocycles. The molecule has 1 fully saturated rings. The van der Waals surface area contributed by atoms with Gasteiger partial charge in [0.1, 0.15) is 13.2 Å². The van der Waals surface area contributed by atoms with Crippen molar-refractivity contribution in [2.24, 2.45) is 5.92 Å². The molecule has 0 radical (unpaired) electrons. The molecular formula is C33H49O12P3+2. The summed E-state index contributed by atoms with van der Waals surface area (Å²) in [7, 11) is -4.45. The van der Waals surface area contributed by atoms with Gasteiger partial charge in [0.25, 0.3) is 12.9 Å². The van der Waals surface area contributed by atoms with Gasteiger partial charge in [-0.15, -0.1) is 9.05 Å². The maximum Gasteiger partial charge on any atom is 0.750 e. The van der Waals surface area contributed by atoms with Crippen molar-refractivity contribution in [3.8, 4) is 11.5 Å². The Labute approximate surface area is 287 Å². The molecule has 48 heavy (non-hydrogen) atoms. The number of rotatable bonds is 24. The van der Waals surface area contributed by atoms with Gasteiger partial charge < -0.3 is 9.47 Å². The average molecular weight is 731 g/mol. The summed E-state index contributed by atoms with van der Waals surface area (Å²) in [6.07, 6.45) is 11.9. The predicted molar refractivity (Wildman–Crippen MR) is 182 cm³/mol. The van der Waals surface area contributed by atoms with Gasteiger partial charge >= 0.3 is 25.2 Å². The van der Waals surface area contributed by atoms with E-state index in [4.69, 9.17) is 22.6 Å². The number of carbonyl (C=O) groups excluding carboxylic acids is 2. The third-order valence-electron chi connectivity index (χ3n) is 6.84. The fourth-order valence-electron chi connectivity index (χ4n) is 4.24. The van der Waals surface area contributed by atoms with Gasteiger partial charge in [-0.25, -0.2) is 13.6 Å². The van der Waals surface area contributed by atoms with Gasteiger partial charge in [0.2, 0.25) is 0 Å². The number of hydrogen-bond acceptors (Lipinski definition) is 12. The first-order valence-electron chi connectivity index (χ1n) is 16.2. The second kappa shape index (κ2) is 31.4. The van der Waals surface area contributed by atoms with Crippen LogP contribution in [0.4, 0.5) is 0 Å². The van der Waals surface area contributed by atoms with Crippen LogP contribution in [0.15, 0.2) is 60.7 Å². The van der Waals surface area contributed by atoms with Gasteiger partial charge in [0.15, 0.2) is 11.5 Å². The monoisotopic (exact) mass is 730 g/mol. The van der Waals surface area contributed by atoms with E-state index in [1.165, 1.54) is 12.8 Å². The Balaban J connectivity index is 0.000000431. The number of para-hydroxylation sites is 2. The zero-order valence-corrected chi connectivity index (χ0v) is 30.3. The van der Waals surface area contributed by atoms with E-state index >= 15 is 0 Å². The highest BCUT2D eigenvalue weighted by atomic mass is 31.1. The number of hydrogen-bond donors (Lipinski definition) is 0. The maximum atomic E-state index is 11.6. The number of ether oxygens (including phenoxy) is 2. The fourth-order valence-corrected chi connectivity index (χ4v) is 5.82. The Morgan fingerprint density at radius 2 is 1.02 bits per heavy atom. The van der Waals surface area contributed by atoms with Crippen LogP contribution in [0, 0.1) is 5.92 Å². The van der Waals surface area contributed by atoms with Crippen LogP contribution in [0.2, 0.25) is 0 Å². The summed E-state index contributed by atoms with van der Waals surface area (Å²) < 4.78 is 67.8. The zero-order valence-electron chi connectivity index (χ0n) is 27.6. The van der Waals surface area contributed by atoms with Crippen LogP contribution in [0.5, 0.6) is 11.5 Å². The molecule has 1 aliphatic rings. The molecule has 0 saturated heterocycles. The molecule has 1 aliphatic carbocycles. The molecule has 3 rings (SSSR count). The highest BCUT2D eigenvalue weighted by Crippen LogP contribution is 2.29. The van der Waals surface area contributed by atoms with Crippen LogP contribution in [-0.2, 0) is 46.3 Å². The average Bonchev–Trinajstić information content (AvgIpc) is 3.10. The van der Waals surface area contributed by atoms with Gasteiger partial charge in [0, 0.05) is 9.13 Å². The molecule has 0 bridgehead atoms. The lowest BCUT2D eigenvalue weighted by atomic mass is 9.89. The van der Waals surface area contributed by atoms with Crippen molar-refractivity contribution in [3.05, 3.63) is 60.7 Å². The second-order valence-corrected chi connectivity index (χ2v) is 12.9. The van der Waals surface area contributed by atoms with E-state index in [1.807, 2.05) is 12.1 Å². The van der Waals surface area contributed by atoms with Crippen molar-refractivity contribution in [2.45, 2.75) is 90.1 Å². The minimum Gasteiger partial charge on any atom is -0.468 e. The van der Waals surface area contributed by atoms with Crippen LogP contribution in [0.25, 0.3) is 0 Å². The lowest BCUT2D eigenvalue weighted by Gasteiger charge is -2.23.